The van der Waals surface area contributed by atoms with Crippen LogP contribution in [-0.4, -0.2) is 36.0 Å². The number of rotatable bonds is 4. The van der Waals surface area contributed by atoms with E-state index in [1.165, 1.54) is 4.31 Å². The van der Waals surface area contributed by atoms with Crippen LogP contribution in [0, 0.1) is 0 Å². The number of nitrogens with zero attached hydrogens (tertiary/aromatic N) is 3. The van der Waals surface area contributed by atoms with Gasteiger partial charge in [0, 0.05) is 23.1 Å². The second kappa shape index (κ2) is 6.94. The summed E-state index contributed by atoms with van der Waals surface area (Å²) in [4.78, 5) is 4.70. The van der Waals surface area contributed by atoms with Crippen molar-refractivity contribution in [2.24, 2.45) is 0 Å². The standard InChI is InChI=1S/C18H16BrN3O3S/c19-16-6-2-1-5-15(16)18-20-17(21-25-18)13-7-9-14(10-8-13)26(23,24)22-11-3-4-12-22/h1-2,5-10H,3-4,11-12H2. The predicted molar refractivity (Wildman–Crippen MR) is 101 cm³/mol. The van der Waals surface area contributed by atoms with Gasteiger partial charge >= 0.3 is 0 Å². The van der Waals surface area contributed by atoms with E-state index in [0.29, 0.717) is 30.4 Å². The van der Waals surface area contributed by atoms with Crippen molar-refractivity contribution in [2.75, 3.05) is 13.1 Å². The molecule has 0 bridgehead atoms. The predicted octanol–water partition coefficient (Wildman–Crippen LogP) is 3.95. The van der Waals surface area contributed by atoms with Crippen molar-refractivity contribution in [1.29, 1.82) is 0 Å². The van der Waals surface area contributed by atoms with Gasteiger partial charge in [0.05, 0.1) is 10.5 Å². The van der Waals surface area contributed by atoms with Crippen LogP contribution in [0.4, 0.5) is 0 Å². The average Bonchev–Trinajstić information content (AvgIpc) is 3.35. The van der Waals surface area contributed by atoms with Gasteiger partial charge in [-0.2, -0.15) is 9.29 Å². The van der Waals surface area contributed by atoms with Gasteiger partial charge in [-0.1, -0.05) is 17.3 Å². The van der Waals surface area contributed by atoms with E-state index in [4.69, 9.17) is 4.52 Å². The van der Waals surface area contributed by atoms with Gasteiger partial charge in [0.25, 0.3) is 5.89 Å². The molecule has 0 atom stereocenters. The zero-order valence-electron chi connectivity index (χ0n) is 13.8. The fourth-order valence-corrected chi connectivity index (χ4v) is 4.91. The van der Waals surface area contributed by atoms with Crippen LogP contribution in [0.15, 0.2) is 62.4 Å². The van der Waals surface area contributed by atoms with Gasteiger partial charge < -0.3 is 4.52 Å². The molecule has 0 unspecified atom stereocenters. The van der Waals surface area contributed by atoms with Gasteiger partial charge in [0.15, 0.2) is 0 Å². The summed E-state index contributed by atoms with van der Waals surface area (Å²) in [6.45, 7) is 1.18. The molecule has 0 saturated carbocycles. The summed E-state index contributed by atoms with van der Waals surface area (Å²) in [6.07, 6.45) is 1.83. The van der Waals surface area contributed by atoms with Crippen molar-refractivity contribution >= 4 is 26.0 Å². The third-order valence-corrected chi connectivity index (χ3v) is 6.95. The largest absolute Gasteiger partial charge is 0.334 e. The van der Waals surface area contributed by atoms with Crippen molar-refractivity contribution in [1.82, 2.24) is 14.4 Å². The van der Waals surface area contributed by atoms with Crippen molar-refractivity contribution in [3.63, 3.8) is 0 Å². The second-order valence-electron chi connectivity index (χ2n) is 6.04. The first-order valence-electron chi connectivity index (χ1n) is 8.25. The number of halogens is 1. The van der Waals surface area contributed by atoms with E-state index in [1.54, 1.807) is 24.3 Å². The van der Waals surface area contributed by atoms with E-state index in [9.17, 15) is 8.42 Å². The molecule has 0 spiro atoms. The Morgan fingerprint density at radius 1 is 1.00 bits per heavy atom. The lowest BCUT2D eigenvalue weighted by Crippen LogP contribution is -2.27. The molecule has 26 heavy (non-hydrogen) atoms. The highest BCUT2D eigenvalue weighted by atomic mass is 79.9. The highest BCUT2D eigenvalue weighted by Crippen LogP contribution is 2.29. The molecule has 3 aromatic rings. The normalized spacial score (nSPS) is 15.4. The van der Waals surface area contributed by atoms with Gasteiger partial charge in [0.2, 0.25) is 15.8 Å². The SMILES string of the molecule is O=S(=O)(c1ccc(-c2noc(-c3ccccc3Br)n2)cc1)N1CCCC1. The lowest BCUT2D eigenvalue weighted by molar-refractivity contribution is 0.432. The fourth-order valence-electron chi connectivity index (χ4n) is 2.94. The first kappa shape index (κ1) is 17.4. The first-order chi connectivity index (χ1) is 12.6. The minimum Gasteiger partial charge on any atom is -0.334 e. The Kier molecular flexibility index (Phi) is 4.64. The maximum absolute atomic E-state index is 12.6. The van der Waals surface area contributed by atoms with E-state index in [-0.39, 0.29) is 4.90 Å². The van der Waals surface area contributed by atoms with Crippen molar-refractivity contribution in [2.45, 2.75) is 17.7 Å². The van der Waals surface area contributed by atoms with Gasteiger partial charge in [0.1, 0.15) is 0 Å². The van der Waals surface area contributed by atoms with Crippen molar-refractivity contribution in [3.05, 3.63) is 53.0 Å². The average molecular weight is 434 g/mol. The molecule has 0 amide bonds. The summed E-state index contributed by atoms with van der Waals surface area (Å²) in [5, 5.41) is 4.01. The Hall–Kier alpha value is -2.03. The molecule has 1 aliphatic rings. The second-order valence-corrected chi connectivity index (χ2v) is 8.83. The number of hydrogen-bond donors (Lipinski definition) is 0. The lowest BCUT2D eigenvalue weighted by Gasteiger charge is -2.15. The van der Waals surface area contributed by atoms with E-state index >= 15 is 0 Å². The Morgan fingerprint density at radius 3 is 2.38 bits per heavy atom. The van der Waals surface area contributed by atoms with E-state index in [0.717, 1.165) is 22.9 Å². The summed E-state index contributed by atoms with van der Waals surface area (Å²) >= 11 is 3.46. The van der Waals surface area contributed by atoms with E-state index < -0.39 is 10.0 Å². The Balaban J connectivity index is 1.61. The van der Waals surface area contributed by atoms with Gasteiger partial charge in [-0.15, -0.1) is 0 Å². The molecule has 2 aromatic carbocycles. The van der Waals surface area contributed by atoms with Gasteiger partial charge in [-0.05, 0) is 65.2 Å². The topological polar surface area (TPSA) is 76.3 Å². The molecule has 4 rings (SSSR count). The van der Waals surface area contributed by atoms with Gasteiger partial charge in [-0.3, -0.25) is 0 Å². The maximum Gasteiger partial charge on any atom is 0.259 e. The van der Waals surface area contributed by atoms with Crippen LogP contribution < -0.4 is 0 Å². The Morgan fingerprint density at radius 2 is 1.69 bits per heavy atom. The van der Waals surface area contributed by atoms with Crippen LogP contribution >= 0.6 is 15.9 Å². The number of sulfonamides is 1. The molecule has 1 fully saturated rings. The summed E-state index contributed by atoms with van der Waals surface area (Å²) in [5.41, 5.74) is 1.51. The van der Waals surface area contributed by atoms with Crippen molar-refractivity contribution in [3.8, 4) is 22.8 Å². The Labute approximate surface area is 160 Å². The molecular formula is C18H16BrN3O3S. The molecule has 1 saturated heterocycles. The monoisotopic (exact) mass is 433 g/mol. The van der Waals surface area contributed by atoms with Crippen LogP contribution in [0.3, 0.4) is 0 Å². The van der Waals surface area contributed by atoms with Crippen LogP contribution in [0.25, 0.3) is 22.8 Å². The molecule has 0 N–H and O–H groups in total. The minimum atomic E-state index is -3.42. The van der Waals surface area contributed by atoms with E-state index in [1.807, 2.05) is 24.3 Å². The third kappa shape index (κ3) is 3.20. The Bertz CT molecular complexity index is 1030. The zero-order valence-corrected chi connectivity index (χ0v) is 16.2. The molecule has 134 valence electrons. The minimum absolute atomic E-state index is 0.290. The summed E-state index contributed by atoms with van der Waals surface area (Å²) < 4.78 is 32.9. The summed E-state index contributed by atoms with van der Waals surface area (Å²) in [5.74, 6) is 0.821. The first-order valence-corrected chi connectivity index (χ1v) is 10.5. The quantitative estimate of drug-likeness (QED) is 0.622. The lowest BCUT2D eigenvalue weighted by atomic mass is 10.2. The van der Waals surface area contributed by atoms with Gasteiger partial charge in [-0.25, -0.2) is 8.42 Å². The third-order valence-electron chi connectivity index (χ3n) is 4.35. The van der Waals surface area contributed by atoms with Crippen LogP contribution in [0.5, 0.6) is 0 Å². The molecular weight excluding hydrogens is 418 g/mol. The zero-order chi connectivity index (χ0) is 18.1. The van der Waals surface area contributed by atoms with Crippen molar-refractivity contribution < 1.29 is 12.9 Å². The number of benzene rings is 2. The summed E-state index contributed by atoms with van der Waals surface area (Å²) in [6, 6.07) is 14.2. The molecule has 6 nitrogen and oxygen atoms in total. The molecule has 8 heteroatoms. The molecule has 1 aliphatic heterocycles. The van der Waals surface area contributed by atoms with Crippen LogP contribution in [0.2, 0.25) is 0 Å². The highest BCUT2D eigenvalue weighted by molar-refractivity contribution is 9.10. The van der Waals surface area contributed by atoms with Crippen LogP contribution in [0.1, 0.15) is 12.8 Å². The molecule has 1 aromatic heterocycles. The number of aromatic nitrogens is 2. The molecule has 2 heterocycles. The maximum atomic E-state index is 12.6. The number of hydrogen-bond acceptors (Lipinski definition) is 5. The molecule has 0 radical (unpaired) electrons. The van der Waals surface area contributed by atoms with Crippen LogP contribution in [-0.2, 0) is 10.0 Å². The smallest absolute Gasteiger partial charge is 0.259 e. The molecule has 0 aliphatic carbocycles. The fraction of sp³-hybridized carbons (Fsp3) is 0.222. The van der Waals surface area contributed by atoms with E-state index in [2.05, 4.69) is 26.1 Å². The summed E-state index contributed by atoms with van der Waals surface area (Å²) in [7, 11) is -3.42. The highest BCUT2D eigenvalue weighted by Gasteiger charge is 2.27.